The fourth-order valence-corrected chi connectivity index (χ4v) is 1.36. The maximum atomic E-state index is 11.4. The standard InChI is InChI=1S/C10H21NO2.ClH/c1-4-6-9(7-5-2)10(12)13-8(3)11;/h8-9H,4-7,11H2,1-3H3;1H. The lowest BCUT2D eigenvalue weighted by molar-refractivity contribution is -0.153. The predicted molar refractivity (Wildman–Crippen MR) is 60.3 cm³/mol. The number of halogens is 1. The molecule has 0 aromatic carbocycles. The van der Waals surface area contributed by atoms with E-state index in [4.69, 9.17) is 10.5 Å². The molecule has 4 heteroatoms. The third-order valence-corrected chi connectivity index (χ3v) is 1.91. The zero-order valence-corrected chi connectivity index (χ0v) is 10.1. The van der Waals surface area contributed by atoms with Gasteiger partial charge in [0.2, 0.25) is 0 Å². The van der Waals surface area contributed by atoms with Gasteiger partial charge in [0.25, 0.3) is 0 Å². The van der Waals surface area contributed by atoms with Crippen molar-refractivity contribution in [2.45, 2.75) is 52.7 Å². The largest absolute Gasteiger partial charge is 0.447 e. The van der Waals surface area contributed by atoms with Gasteiger partial charge in [-0.1, -0.05) is 26.7 Å². The Labute approximate surface area is 92.8 Å². The van der Waals surface area contributed by atoms with E-state index in [1.807, 2.05) is 0 Å². The minimum atomic E-state index is -0.483. The molecule has 0 aliphatic heterocycles. The summed E-state index contributed by atoms with van der Waals surface area (Å²) in [7, 11) is 0. The molecule has 0 bridgehead atoms. The third kappa shape index (κ3) is 7.15. The van der Waals surface area contributed by atoms with Gasteiger partial charge in [0.15, 0.2) is 0 Å². The minimum absolute atomic E-state index is 0. The minimum Gasteiger partial charge on any atom is -0.447 e. The van der Waals surface area contributed by atoms with Crippen LogP contribution in [0.4, 0.5) is 0 Å². The molecule has 0 heterocycles. The summed E-state index contributed by atoms with van der Waals surface area (Å²) >= 11 is 0. The van der Waals surface area contributed by atoms with Gasteiger partial charge in [0, 0.05) is 0 Å². The highest BCUT2D eigenvalue weighted by Gasteiger charge is 2.18. The van der Waals surface area contributed by atoms with E-state index in [0.29, 0.717) is 0 Å². The summed E-state index contributed by atoms with van der Waals surface area (Å²) in [6.07, 6.45) is 3.35. The number of hydrogen-bond acceptors (Lipinski definition) is 3. The Kier molecular flexibility index (Phi) is 10.7. The Bertz CT molecular complexity index is 145. The Morgan fingerprint density at radius 2 is 1.71 bits per heavy atom. The molecular weight excluding hydrogens is 202 g/mol. The first kappa shape index (κ1) is 16.2. The summed E-state index contributed by atoms with van der Waals surface area (Å²) in [6, 6.07) is 0. The van der Waals surface area contributed by atoms with Crippen molar-refractivity contribution in [3.05, 3.63) is 0 Å². The number of hydrogen-bond donors (Lipinski definition) is 1. The molecule has 0 aliphatic rings. The Balaban J connectivity index is 0. The van der Waals surface area contributed by atoms with Crippen LogP contribution in [0.1, 0.15) is 46.5 Å². The van der Waals surface area contributed by atoms with Crippen molar-refractivity contribution < 1.29 is 9.53 Å². The fourth-order valence-electron chi connectivity index (χ4n) is 1.36. The first-order valence-corrected chi connectivity index (χ1v) is 5.07. The lowest BCUT2D eigenvalue weighted by Gasteiger charge is -2.15. The summed E-state index contributed by atoms with van der Waals surface area (Å²) < 4.78 is 4.96. The first-order chi connectivity index (χ1) is 6.11. The van der Waals surface area contributed by atoms with Gasteiger partial charge < -0.3 is 4.74 Å². The lowest BCUT2D eigenvalue weighted by atomic mass is 9.99. The van der Waals surface area contributed by atoms with Gasteiger partial charge in [-0.15, -0.1) is 12.4 Å². The summed E-state index contributed by atoms with van der Waals surface area (Å²) in [5.41, 5.74) is 5.38. The van der Waals surface area contributed by atoms with E-state index < -0.39 is 6.23 Å². The molecule has 3 nitrogen and oxygen atoms in total. The van der Waals surface area contributed by atoms with E-state index >= 15 is 0 Å². The van der Waals surface area contributed by atoms with Gasteiger partial charge in [0.05, 0.1) is 5.92 Å². The highest BCUT2D eigenvalue weighted by molar-refractivity contribution is 5.85. The average Bonchev–Trinajstić information content (AvgIpc) is 2.02. The maximum Gasteiger partial charge on any atom is 0.310 e. The third-order valence-electron chi connectivity index (χ3n) is 1.91. The molecule has 1 atom stereocenters. The van der Waals surface area contributed by atoms with Gasteiger partial charge in [-0.05, 0) is 19.8 Å². The highest BCUT2D eigenvalue weighted by atomic mass is 35.5. The second kappa shape index (κ2) is 9.28. The van der Waals surface area contributed by atoms with Crippen LogP contribution in [0.5, 0.6) is 0 Å². The number of ether oxygens (including phenoxy) is 1. The molecule has 0 rings (SSSR count). The Morgan fingerprint density at radius 3 is 2.00 bits per heavy atom. The van der Waals surface area contributed by atoms with Gasteiger partial charge in [-0.2, -0.15) is 0 Å². The zero-order valence-electron chi connectivity index (χ0n) is 9.29. The summed E-state index contributed by atoms with van der Waals surface area (Å²) in [5, 5.41) is 0. The maximum absolute atomic E-state index is 11.4. The van der Waals surface area contributed by atoms with E-state index in [2.05, 4.69) is 13.8 Å². The van der Waals surface area contributed by atoms with E-state index in [1.165, 1.54) is 0 Å². The number of carbonyl (C=O) groups is 1. The van der Waals surface area contributed by atoms with Crippen LogP contribution < -0.4 is 5.73 Å². The quantitative estimate of drug-likeness (QED) is 0.556. The Morgan fingerprint density at radius 1 is 1.29 bits per heavy atom. The zero-order chi connectivity index (χ0) is 10.3. The molecule has 0 saturated heterocycles. The van der Waals surface area contributed by atoms with Crippen molar-refractivity contribution >= 4 is 18.4 Å². The predicted octanol–water partition coefficient (Wildman–Crippen LogP) is 2.47. The molecule has 0 spiro atoms. The molecule has 2 N–H and O–H groups in total. The van der Waals surface area contributed by atoms with E-state index in [-0.39, 0.29) is 24.3 Å². The van der Waals surface area contributed by atoms with Crippen LogP contribution in [0.2, 0.25) is 0 Å². The molecule has 14 heavy (non-hydrogen) atoms. The summed E-state index contributed by atoms with van der Waals surface area (Å²) in [4.78, 5) is 11.4. The van der Waals surface area contributed by atoms with Crippen LogP contribution in [-0.4, -0.2) is 12.2 Å². The topological polar surface area (TPSA) is 52.3 Å². The van der Waals surface area contributed by atoms with Gasteiger partial charge in [-0.25, -0.2) is 0 Å². The van der Waals surface area contributed by atoms with Crippen molar-refractivity contribution in [3.8, 4) is 0 Å². The van der Waals surface area contributed by atoms with Crippen molar-refractivity contribution in [1.29, 1.82) is 0 Å². The van der Waals surface area contributed by atoms with E-state index in [1.54, 1.807) is 6.92 Å². The van der Waals surface area contributed by atoms with E-state index in [0.717, 1.165) is 25.7 Å². The van der Waals surface area contributed by atoms with Crippen LogP contribution >= 0.6 is 12.4 Å². The molecule has 0 fully saturated rings. The molecule has 86 valence electrons. The fraction of sp³-hybridized carbons (Fsp3) is 0.900. The van der Waals surface area contributed by atoms with Crippen molar-refractivity contribution in [2.75, 3.05) is 0 Å². The summed E-state index contributed by atoms with van der Waals surface area (Å²) in [6.45, 7) is 5.82. The molecule has 0 radical (unpaired) electrons. The molecular formula is C10H22ClNO2. The van der Waals surface area contributed by atoms with Crippen LogP contribution in [0.3, 0.4) is 0 Å². The molecule has 0 aromatic rings. The molecule has 0 aliphatic carbocycles. The second-order valence-electron chi connectivity index (χ2n) is 3.42. The molecule has 0 amide bonds. The second-order valence-corrected chi connectivity index (χ2v) is 3.42. The Hall–Kier alpha value is -0.280. The number of rotatable bonds is 6. The van der Waals surface area contributed by atoms with Crippen molar-refractivity contribution in [3.63, 3.8) is 0 Å². The monoisotopic (exact) mass is 223 g/mol. The SMILES string of the molecule is CCCC(CCC)C(=O)OC(C)N.Cl. The first-order valence-electron chi connectivity index (χ1n) is 5.07. The van der Waals surface area contributed by atoms with Crippen LogP contribution in [0.25, 0.3) is 0 Å². The van der Waals surface area contributed by atoms with Crippen LogP contribution in [-0.2, 0) is 9.53 Å². The number of nitrogens with two attached hydrogens (primary N) is 1. The van der Waals surface area contributed by atoms with Crippen molar-refractivity contribution in [1.82, 2.24) is 0 Å². The van der Waals surface area contributed by atoms with Gasteiger partial charge in [-0.3, -0.25) is 10.5 Å². The number of esters is 1. The van der Waals surface area contributed by atoms with Gasteiger partial charge in [0.1, 0.15) is 6.23 Å². The summed E-state index contributed by atoms with van der Waals surface area (Å²) in [5.74, 6) is -0.0975. The highest BCUT2D eigenvalue weighted by Crippen LogP contribution is 2.15. The molecule has 0 aromatic heterocycles. The lowest BCUT2D eigenvalue weighted by Crippen LogP contribution is -2.28. The average molecular weight is 224 g/mol. The smallest absolute Gasteiger partial charge is 0.310 e. The normalized spacial score (nSPS) is 12.1. The van der Waals surface area contributed by atoms with Crippen LogP contribution in [0.15, 0.2) is 0 Å². The van der Waals surface area contributed by atoms with Gasteiger partial charge >= 0.3 is 5.97 Å². The van der Waals surface area contributed by atoms with Crippen molar-refractivity contribution in [2.24, 2.45) is 11.7 Å². The van der Waals surface area contributed by atoms with E-state index in [9.17, 15) is 4.79 Å². The molecule has 1 unspecified atom stereocenters. The van der Waals surface area contributed by atoms with Crippen LogP contribution in [0, 0.1) is 5.92 Å². The number of carbonyl (C=O) groups excluding carboxylic acids is 1. The molecule has 0 saturated carbocycles.